The lowest BCUT2D eigenvalue weighted by molar-refractivity contribution is 0.0991. The number of rotatable bonds is 3. The van der Waals surface area contributed by atoms with Crippen LogP contribution < -0.4 is 0 Å². The lowest BCUT2D eigenvalue weighted by Gasteiger charge is -2.42. The van der Waals surface area contributed by atoms with E-state index in [1.54, 1.807) is 0 Å². The van der Waals surface area contributed by atoms with Crippen LogP contribution in [0, 0.1) is 24.7 Å². The van der Waals surface area contributed by atoms with E-state index in [1.807, 2.05) is 6.20 Å². The number of furan rings is 1. The standard InChI is InChI=1S/C27H27NO/c1-17-5-10-26-24(13-17)22-3-2-4-23(27(22)29-26)25-16-19(11-12-28-25)15-21-14-18-6-8-20(21)9-7-18/h2-5,10-13,16,18,20-21H,6-9,14-15H2,1H3. The Morgan fingerprint density at radius 3 is 2.69 bits per heavy atom. The molecule has 3 aliphatic carbocycles. The third-order valence-electron chi connectivity index (χ3n) is 7.44. The molecule has 2 heterocycles. The van der Waals surface area contributed by atoms with E-state index in [0.717, 1.165) is 40.2 Å². The zero-order chi connectivity index (χ0) is 19.4. The SMILES string of the molecule is Cc1ccc2oc3c(-c4cc(CC5CC6CCC5CC6)ccn4)cccc3c2c1. The van der Waals surface area contributed by atoms with Gasteiger partial charge in [-0.3, -0.25) is 4.98 Å². The van der Waals surface area contributed by atoms with Gasteiger partial charge in [-0.05, 0) is 86.3 Å². The van der Waals surface area contributed by atoms with Gasteiger partial charge in [0.05, 0.1) is 5.69 Å². The molecule has 3 saturated carbocycles. The van der Waals surface area contributed by atoms with Gasteiger partial charge >= 0.3 is 0 Å². The van der Waals surface area contributed by atoms with Gasteiger partial charge in [0.1, 0.15) is 11.2 Å². The summed E-state index contributed by atoms with van der Waals surface area (Å²) in [4.78, 5) is 4.73. The van der Waals surface area contributed by atoms with Crippen molar-refractivity contribution in [2.24, 2.45) is 17.8 Å². The molecule has 0 amide bonds. The minimum atomic E-state index is 0.864. The van der Waals surface area contributed by atoms with Crippen LogP contribution in [0.4, 0.5) is 0 Å². The van der Waals surface area contributed by atoms with E-state index in [1.165, 1.54) is 60.4 Å². The molecule has 1 atom stereocenters. The average Bonchev–Trinajstić information content (AvgIpc) is 3.13. The summed E-state index contributed by atoms with van der Waals surface area (Å²) in [5.41, 5.74) is 6.72. The van der Waals surface area contributed by atoms with Crippen molar-refractivity contribution in [2.75, 3.05) is 0 Å². The Kier molecular flexibility index (Phi) is 4.00. The maximum absolute atomic E-state index is 6.28. The maximum atomic E-state index is 6.28. The molecule has 2 aromatic heterocycles. The molecule has 146 valence electrons. The molecule has 4 aromatic rings. The summed E-state index contributed by atoms with van der Waals surface area (Å²) in [6.45, 7) is 2.13. The topological polar surface area (TPSA) is 26.0 Å². The number of fused-ring (bicyclic) bond motifs is 6. The van der Waals surface area contributed by atoms with E-state index in [0.29, 0.717) is 0 Å². The monoisotopic (exact) mass is 381 g/mol. The highest BCUT2D eigenvalue weighted by Gasteiger charge is 2.35. The summed E-state index contributed by atoms with van der Waals surface area (Å²) in [6.07, 6.45) is 10.5. The molecule has 1 unspecified atom stereocenters. The van der Waals surface area contributed by atoms with E-state index < -0.39 is 0 Å². The Morgan fingerprint density at radius 2 is 1.86 bits per heavy atom. The quantitative estimate of drug-likeness (QED) is 0.371. The normalized spacial score (nSPS) is 23.8. The molecule has 3 aliphatic rings. The molecular formula is C27H27NO. The van der Waals surface area contributed by atoms with Gasteiger partial charge in [-0.1, -0.05) is 36.6 Å². The van der Waals surface area contributed by atoms with Crippen LogP contribution in [0.2, 0.25) is 0 Å². The van der Waals surface area contributed by atoms with Crippen LogP contribution in [0.15, 0.2) is 59.1 Å². The van der Waals surface area contributed by atoms with Crippen LogP contribution in [0.1, 0.15) is 43.2 Å². The smallest absolute Gasteiger partial charge is 0.144 e. The van der Waals surface area contributed by atoms with E-state index in [4.69, 9.17) is 9.40 Å². The number of hydrogen-bond acceptors (Lipinski definition) is 2. The Labute approximate surface area is 172 Å². The van der Waals surface area contributed by atoms with Gasteiger partial charge in [-0.2, -0.15) is 0 Å². The zero-order valence-electron chi connectivity index (χ0n) is 17.0. The van der Waals surface area contributed by atoms with Gasteiger partial charge in [0, 0.05) is 22.5 Å². The molecule has 0 saturated heterocycles. The molecule has 2 aromatic carbocycles. The van der Waals surface area contributed by atoms with Gasteiger partial charge in [-0.15, -0.1) is 0 Å². The summed E-state index contributed by atoms with van der Waals surface area (Å²) in [7, 11) is 0. The first-order valence-electron chi connectivity index (χ1n) is 11.1. The number of hydrogen-bond donors (Lipinski definition) is 0. The van der Waals surface area contributed by atoms with Crippen molar-refractivity contribution in [3.8, 4) is 11.3 Å². The van der Waals surface area contributed by atoms with Gasteiger partial charge < -0.3 is 4.42 Å². The van der Waals surface area contributed by atoms with Crippen molar-refractivity contribution in [1.29, 1.82) is 0 Å². The molecule has 0 radical (unpaired) electrons. The Bertz CT molecular complexity index is 1200. The van der Waals surface area contributed by atoms with E-state index in [9.17, 15) is 0 Å². The van der Waals surface area contributed by atoms with E-state index >= 15 is 0 Å². The van der Waals surface area contributed by atoms with Crippen molar-refractivity contribution in [2.45, 2.75) is 45.4 Å². The van der Waals surface area contributed by atoms with Crippen molar-refractivity contribution in [3.05, 3.63) is 65.9 Å². The van der Waals surface area contributed by atoms with Crippen LogP contribution in [-0.2, 0) is 6.42 Å². The van der Waals surface area contributed by atoms with Crippen molar-refractivity contribution < 1.29 is 4.42 Å². The molecule has 0 aliphatic heterocycles. The zero-order valence-corrected chi connectivity index (χ0v) is 17.0. The molecule has 29 heavy (non-hydrogen) atoms. The third kappa shape index (κ3) is 2.97. The average molecular weight is 382 g/mol. The van der Waals surface area contributed by atoms with Gasteiger partial charge in [-0.25, -0.2) is 0 Å². The first-order chi connectivity index (χ1) is 14.2. The van der Waals surface area contributed by atoms with Gasteiger partial charge in [0.15, 0.2) is 0 Å². The highest BCUT2D eigenvalue weighted by molar-refractivity contribution is 6.09. The van der Waals surface area contributed by atoms with Crippen molar-refractivity contribution >= 4 is 21.9 Å². The van der Waals surface area contributed by atoms with Crippen molar-refractivity contribution in [1.82, 2.24) is 4.98 Å². The van der Waals surface area contributed by atoms with Crippen LogP contribution in [0.5, 0.6) is 0 Å². The minimum absolute atomic E-state index is 0.864. The molecule has 2 nitrogen and oxygen atoms in total. The lowest BCUT2D eigenvalue weighted by atomic mass is 9.63. The minimum Gasteiger partial charge on any atom is -0.455 e. The Balaban J connectivity index is 1.39. The largest absolute Gasteiger partial charge is 0.455 e. The number of pyridine rings is 1. The molecule has 0 N–H and O–H groups in total. The summed E-state index contributed by atoms with van der Waals surface area (Å²) in [5.74, 6) is 2.79. The Hall–Kier alpha value is -2.61. The molecule has 2 bridgehead atoms. The summed E-state index contributed by atoms with van der Waals surface area (Å²) >= 11 is 0. The molecule has 2 heteroatoms. The van der Waals surface area contributed by atoms with E-state index in [2.05, 4.69) is 55.5 Å². The predicted molar refractivity (Wildman–Crippen MR) is 119 cm³/mol. The predicted octanol–water partition coefficient (Wildman–Crippen LogP) is 7.33. The number of nitrogens with zero attached hydrogens (tertiary/aromatic N) is 1. The first-order valence-corrected chi connectivity index (χ1v) is 11.1. The summed E-state index contributed by atoms with van der Waals surface area (Å²) in [6, 6.07) is 17.4. The second kappa shape index (κ2) is 6.73. The molecule has 0 spiro atoms. The Morgan fingerprint density at radius 1 is 0.966 bits per heavy atom. The van der Waals surface area contributed by atoms with Gasteiger partial charge in [0.25, 0.3) is 0 Å². The van der Waals surface area contributed by atoms with Gasteiger partial charge in [0.2, 0.25) is 0 Å². The fraction of sp³-hybridized carbons (Fsp3) is 0.370. The fourth-order valence-corrected chi connectivity index (χ4v) is 5.93. The molecule has 3 fully saturated rings. The fourth-order valence-electron chi connectivity index (χ4n) is 5.93. The maximum Gasteiger partial charge on any atom is 0.144 e. The second-order valence-corrected chi connectivity index (χ2v) is 9.31. The van der Waals surface area contributed by atoms with Crippen LogP contribution >= 0.6 is 0 Å². The van der Waals surface area contributed by atoms with E-state index in [-0.39, 0.29) is 0 Å². The number of benzene rings is 2. The first kappa shape index (κ1) is 17.3. The summed E-state index contributed by atoms with van der Waals surface area (Å²) < 4.78 is 6.28. The number of aryl methyl sites for hydroxylation is 1. The summed E-state index contributed by atoms with van der Waals surface area (Å²) in [5, 5.41) is 2.37. The van der Waals surface area contributed by atoms with Crippen LogP contribution in [0.25, 0.3) is 33.2 Å². The highest BCUT2D eigenvalue weighted by atomic mass is 16.3. The van der Waals surface area contributed by atoms with Crippen LogP contribution in [-0.4, -0.2) is 4.98 Å². The molecular weight excluding hydrogens is 354 g/mol. The second-order valence-electron chi connectivity index (χ2n) is 9.31. The number of para-hydroxylation sites is 1. The molecule has 7 rings (SSSR count). The third-order valence-corrected chi connectivity index (χ3v) is 7.44. The highest BCUT2D eigenvalue weighted by Crippen LogP contribution is 2.46. The van der Waals surface area contributed by atoms with Crippen molar-refractivity contribution in [3.63, 3.8) is 0 Å². The lowest BCUT2D eigenvalue weighted by Crippen LogP contribution is -2.32. The van der Waals surface area contributed by atoms with Crippen LogP contribution in [0.3, 0.4) is 0 Å². The number of aromatic nitrogens is 1.